The monoisotopic (exact) mass is 391 g/mol. The zero-order valence-corrected chi connectivity index (χ0v) is 15.3. The van der Waals surface area contributed by atoms with Crippen molar-refractivity contribution in [1.29, 1.82) is 0 Å². The largest absolute Gasteiger partial charge is 0.455 e. The van der Waals surface area contributed by atoms with Crippen molar-refractivity contribution in [3.63, 3.8) is 0 Å². The Morgan fingerprint density at radius 1 is 0.897 bits per heavy atom. The van der Waals surface area contributed by atoms with E-state index in [9.17, 15) is 18.4 Å². The first-order valence-corrected chi connectivity index (χ1v) is 8.83. The van der Waals surface area contributed by atoms with Crippen LogP contribution < -0.4 is 5.32 Å². The molecule has 4 rings (SSSR count). The van der Waals surface area contributed by atoms with Gasteiger partial charge in [-0.3, -0.25) is 9.59 Å². The first-order chi connectivity index (χ1) is 14.0. The number of rotatable bonds is 4. The summed E-state index contributed by atoms with van der Waals surface area (Å²) in [4.78, 5) is 23.6. The molecule has 1 heterocycles. The Labute approximate surface area is 164 Å². The van der Waals surface area contributed by atoms with Gasteiger partial charge in [-0.15, -0.1) is 0 Å². The molecule has 1 N–H and O–H groups in total. The van der Waals surface area contributed by atoms with Crippen molar-refractivity contribution < 1.29 is 22.8 Å². The van der Waals surface area contributed by atoms with Crippen LogP contribution in [0, 0.1) is 5.82 Å². The molecule has 4 aromatic rings. The summed E-state index contributed by atoms with van der Waals surface area (Å²) in [5, 5.41) is 3.15. The number of nitrogens with one attached hydrogen (secondary N) is 1. The topological polar surface area (TPSA) is 59.3 Å². The molecule has 3 aromatic carbocycles. The minimum Gasteiger partial charge on any atom is -0.455 e. The second kappa shape index (κ2) is 7.31. The molecule has 1 aromatic heterocycles. The van der Waals surface area contributed by atoms with E-state index in [2.05, 4.69) is 5.32 Å². The fourth-order valence-corrected chi connectivity index (χ4v) is 3.25. The fraction of sp³-hybridized carbons (Fsp3) is 0.0435. The van der Waals surface area contributed by atoms with Crippen LogP contribution in [-0.4, -0.2) is 19.0 Å². The average molecular weight is 391 g/mol. The zero-order valence-electron chi connectivity index (χ0n) is 15.3. The molecule has 6 heteroatoms. The molecule has 0 atom stereocenters. The minimum atomic E-state index is -1.51. The van der Waals surface area contributed by atoms with E-state index >= 15 is 0 Å². The molecule has 0 aliphatic rings. The number of fused-ring (bicyclic) bond motifs is 1. The fourth-order valence-electron chi connectivity index (χ4n) is 3.25. The summed E-state index contributed by atoms with van der Waals surface area (Å²) in [6.07, 6.45) is 0. The van der Waals surface area contributed by atoms with Gasteiger partial charge >= 0.3 is 6.04 Å². The highest BCUT2D eigenvalue weighted by atomic mass is 19.1. The molecule has 0 spiro atoms. The Bertz CT molecular complexity index is 1240. The third-order valence-corrected chi connectivity index (χ3v) is 4.67. The minimum absolute atomic E-state index is 0.0479. The highest BCUT2D eigenvalue weighted by molar-refractivity contribution is 6.11. The van der Waals surface area contributed by atoms with E-state index in [0.29, 0.717) is 39.0 Å². The quantitative estimate of drug-likeness (QED) is 0.476. The molecule has 0 unspecified atom stereocenters. The molecule has 0 saturated carbocycles. The SMILES string of the molecule is CNC(=O)c1c(-c2ccc(F)cc2)oc2ccc(-c3cccc(C(=O)F)c3)cc12. The first-order valence-electron chi connectivity index (χ1n) is 8.83. The predicted octanol–water partition coefficient (Wildman–Crippen LogP) is 5.38. The molecular weight excluding hydrogens is 376 g/mol. The number of hydrogen-bond donors (Lipinski definition) is 1. The number of carbonyl (C=O) groups excluding carboxylic acids is 2. The van der Waals surface area contributed by atoms with Crippen LogP contribution in [0.3, 0.4) is 0 Å². The molecule has 0 radical (unpaired) electrons. The molecule has 0 fully saturated rings. The third-order valence-electron chi connectivity index (χ3n) is 4.67. The van der Waals surface area contributed by atoms with Gasteiger partial charge in [0.1, 0.15) is 17.2 Å². The van der Waals surface area contributed by atoms with E-state index in [0.717, 1.165) is 0 Å². The molecule has 0 saturated heterocycles. The van der Waals surface area contributed by atoms with Crippen molar-refractivity contribution in [2.75, 3.05) is 7.05 Å². The lowest BCUT2D eigenvalue weighted by atomic mass is 9.99. The van der Waals surface area contributed by atoms with E-state index in [-0.39, 0.29) is 11.5 Å². The van der Waals surface area contributed by atoms with Gasteiger partial charge in [0.2, 0.25) is 0 Å². The lowest BCUT2D eigenvalue weighted by molar-refractivity contribution is 0.0835. The number of carbonyl (C=O) groups is 2. The lowest BCUT2D eigenvalue weighted by Crippen LogP contribution is -2.18. The van der Waals surface area contributed by atoms with Crippen molar-refractivity contribution in [2.24, 2.45) is 0 Å². The molecule has 4 nitrogen and oxygen atoms in total. The van der Waals surface area contributed by atoms with Crippen LogP contribution >= 0.6 is 0 Å². The van der Waals surface area contributed by atoms with Gasteiger partial charge in [-0.1, -0.05) is 18.2 Å². The van der Waals surface area contributed by atoms with E-state index in [1.54, 1.807) is 30.3 Å². The zero-order chi connectivity index (χ0) is 20.5. The molecular formula is C23H15F2NO3. The van der Waals surface area contributed by atoms with Crippen molar-refractivity contribution in [2.45, 2.75) is 0 Å². The summed E-state index contributed by atoms with van der Waals surface area (Å²) >= 11 is 0. The van der Waals surface area contributed by atoms with Crippen LogP contribution in [0.4, 0.5) is 8.78 Å². The number of hydrogen-bond acceptors (Lipinski definition) is 3. The number of halogens is 2. The molecule has 0 aliphatic carbocycles. The smallest absolute Gasteiger partial charge is 0.332 e. The summed E-state index contributed by atoms with van der Waals surface area (Å²) in [5.41, 5.74) is 2.62. The maximum atomic E-state index is 13.3. The van der Waals surface area contributed by atoms with Crippen molar-refractivity contribution in [3.05, 3.63) is 83.7 Å². The van der Waals surface area contributed by atoms with Crippen LogP contribution in [0.5, 0.6) is 0 Å². The maximum Gasteiger partial charge on any atom is 0.332 e. The van der Waals surface area contributed by atoms with Crippen LogP contribution in [-0.2, 0) is 0 Å². The van der Waals surface area contributed by atoms with Crippen molar-refractivity contribution >= 4 is 22.9 Å². The summed E-state index contributed by atoms with van der Waals surface area (Å²) in [6.45, 7) is 0. The van der Waals surface area contributed by atoms with Crippen molar-refractivity contribution in [1.82, 2.24) is 5.32 Å². The van der Waals surface area contributed by atoms with Crippen molar-refractivity contribution in [3.8, 4) is 22.5 Å². The van der Waals surface area contributed by atoms with Gasteiger partial charge in [-0.25, -0.2) is 4.39 Å². The number of amides is 1. The highest BCUT2D eigenvalue weighted by Gasteiger charge is 2.22. The van der Waals surface area contributed by atoms with Gasteiger partial charge in [-0.2, -0.15) is 4.39 Å². The van der Waals surface area contributed by atoms with Crippen LogP contribution in [0.2, 0.25) is 0 Å². The molecule has 29 heavy (non-hydrogen) atoms. The summed E-state index contributed by atoms with van der Waals surface area (Å²) in [6, 6.07) is 15.5. The maximum absolute atomic E-state index is 13.3. The van der Waals surface area contributed by atoms with Gasteiger partial charge in [0.05, 0.1) is 11.1 Å². The molecule has 144 valence electrons. The average Bonchev–Trinajstić information content (AvgIpc) is 3.12. The summed E-state index contributed by atoms with van der Waals surface area (Å²) in [5.74, 6) is -0.423. The van der Waals surface area contributed by atoms with Gasteiger partial charge in [-0.05, 0) is 59.7 Å². The van der Waals surface area contributed by atoms with E-state index in [1.807, 2.05) is 0 Å². The number of benzene rings is 3. The van der Waals surface area contributed by atoms with Crippen LogP contribution in [0.15, 0.2) is 71.1 Å². The molecule has 0 bridgehead atoms. The Kier molecular flexibility index (Phi) is 4.68. The standard InChI is InChI=1S/C23H15F2NO3/c1-26-23(28)20-18-12-15(14-3-2-4-16(11-14)22(25)27)7-10-19(18)29-21(20)13-5-8-17(24)9-6-13/h2-12H,1H3,(H,26,28). The second-order valence-electron chi connectivity index (χ2n) is 6.46. The van der Waals surface area contributed by atoms with Gasteiger partial charge in [0, 0.05) is 18.0 Å². The summed E-state index contributed by atoms with van der Waals surface area (Å²) < 4.78 is 32.3. The second-order valence-corrected chi connectivity index (χ2v) is 6.46. The molecule has 1 amide bonds. The van der Waals surface area contributed by atoms with Gasteiger partial charge in [0.15, 0.2) is 0 Å². The van der Waals surface area contributed by atoms with E-state index in [4.69, 9.17) is 4.42 Å². The third kappa shape index (κ3) is 3.40. The summed E-state index contributed by atoms with van der Waals surface area (Å²) in [7, 11) is 1.51. The van der Waals surface area contributed by atoms with Crippen LogP contribution in [0.1, 0.15) is 20.7 Å². The van der Waals surface area contributed by atoms with E-state index < -0.39 is 11.9 Å². The Morgan fingerprint density at radius 3 is 2.28 bits per heavy atom. The molecule has 0 aliphatic heterocycles. The highest BCUT2D eigenvalue weighted by Crippen LogP contribution is 2.36. The lowest BCUT2D eigenvalue weighted by Gasteiger charge is -2.05. The van der Waals surface area contributed by atoms with Gasteiger partial charge in [0.25, 0.3) is 5.91 Å². The Morgan fingerprint density at radius 2 is 1.59 bits per heavy atom. The first kappa shape index (κ1) is 18.6. The normalized spacial score (nSPS) is 10.9. The Balaban J connectivity index is 1.92. The Hall–Kier alpha value is -3.80. The predicted molar refractivity (Wildman–Crippen MR) is 106 cm³/mol. The number of furan rings is 1. The van der Waals surface area contributed by atoms with E-state index in [1.165, 1.54) is 43.4 Å². The van der Waals surface area contributed by atoms with Gasteiger partial charge < -0.3 is 9.73 Å². The van der Waals surface area contributed by atoms with Crippen LogP contribution in [0.25, 0.3) is 33.4 Å².